The summed E-state index contributed by atoms with van der Waals surface area (Å²) in [4.78, 5) is 2.42. The van der Waals surface area contributed by atoms with Crippen LogP contribution in [0, 0.1) is 0 Å². The Labute approximate surface area is 125 Å². The highest BCUT2D eigenvalue weighted by atomic mass is 19.5. The van der Waals surface area contributed by atoms with Crippen molar-refractivity contribution < 1.29 is 26.6 Å². The van der Waals surface area contributed by atoms with Crippen LogP contribution < -0.4 is 0 Å². The summed E-state index contributed by atoms with van der Waals surface area (Å²) in [7, 11) is -4.21. The molecular formula is C13H27BF4N2O. The Hall–Kier alpha value is -0.785. The van der Waals surface area contributed by atoms with Crippen LogP contribution in [0.3, 0.4) is 0 Å². The molecule has 1 saturated heterocycles. The molecule has 3 nitrogen and oxygen atoms in total. The van der Waals surface area contributed by atoms with Gasteiger partial charge in [0.05, 0.1) is 25.2 Å². The molecule has 0 spiro atoms. The van der Waals surface area contributed by atoms with E-state index in [4.69, 9.17) is 4.74 Å². The summed E-state index contributed by atoms with van der Waals surface area (Å²) in [5.41, 5.74) is 0. The first-order valence-electron chi connectivity index (χ1n) is 7.30. The maximum atomic E-state index is 9.75. The summed E-state index contributed by atoms with van der Waals surface area (Å²) in [6.45, 7) is 11.0. The molecule has 0 unspecified atom stereocenters. The van der Waals surface area contributed by atoms with E-state index in [-0.39, 0.29) is 0 Å². The third kappa shape index (κ3) is 9.71. The number of rotatable bonds is 5. The van der Waals surface area contributed by atoms with E-state index in [1.54, 1.807) is 7.11 Å². The lowest BCUT2D eigenvalue weighted by molar-refractivity contribution is -0.547. The number of methoxy groups -OCH3 is 1. The molecule has 0 bridgehead atoms. The molecule has 21 heavy (non-hydrogen) atoms. The quantitative estimate of drug-likeness (QED) is 0.335. The molecule has 0 aromatic carbocycles. The van der Waals surface area contributed by atoms with Crippen LogP contribution in [0.2, 0.25) is 0 Å². The molecule has 0 amide bonds. The molecule has 0 aromatic heterocycles. The van der Waals surface area contributed by atoms with Crippen LogP contribution in [0.15, 0.2) is 0 Å². The molecule has 0 saturated carbocycles. The number of ether oxygens (including phenoxy) is 1. The largest absolute Gasteiger partial charge is 0.673 e. The van der Waals surface area contributed by atoms with Gasteiger partial charge in [-0.2, -0.15) is 0 Å². The van der Waals surface area contributed by atoms with Crippen LogP contribution in [0.4, 0.5) is 17.3 Å². The van der Waals surface area contributed by atoms with E-state index >= 15 is 0 Å². The molecule has 1 heterocycles. The molecular weight excluding hydrogens is 287 g/mol. The predicted molar refractivity (Wildman–Crippen MR) is 78.4 cm³/mol. The third-order valence-corrected chi connectivity index (χ3v) is 3.26. The lowest BCUT2D eigenvalue weighted by Crippen LogP contribution is -2.40. The van der Waals surface area contributed by atoms with Gasteiger partial charge in [-0.05, 0) is 40.5 Å². The van der Waals surface area contributed by atoms with E-state index in [1.807, 2.05) is 0 Å². The second kappa shape index (κ2) is 9.28. The summed E-state index contributed by atoms with van der Waals surface area (Å²) >= 11 is 0. The van der Waals surface area contributed by atoms with E-state index in [0.717, 1.165) is 6.61 Å². The summed E-state index contributed by atoms with van der Waals surface area (Å²) in [5.74, 6) is 0. The van der Waals surface area contributed by atoms with Gasteiger partial charge in [-0.25, -0.2) is 0 Å². The van der Waals surface area contributed by atoms with Gasteiger partial charge < -0.3 is 22.0 Å². The Morgan fingerprint density at radius 1 is 1.19 bits per heavy atom. The van der Waals surface area contributed by atoms with Crippen LogP contribution in [-0.2, 0) is 4.74 Å². The fourth-order valence-electron chi connectivity index (χ4n) is 2.42. The lowest BCUT2D eigenvalue weighted by Gasteiger charge is -2.23. The number of halogens is 4. The van der Waals surface area contributed by atoms with Gasteiger partial charge in [0, 0.05) is 7.11 Å². The zero-order valence-corrected chi connectivity index (χ0v) is 13.5. The summed E-state index contributed by atoms with van der Waals surface area (Å²) in [6, 6.07) is 1.69. The normalized spacial score (nSPS) is 20.9. The number of hydrogen-bond donors (Lipinski definition) is 0. The van der Waals surface area contributed by atoms with Gasteiger partial charge in [-0.15, -0.1) is 0 Å². The smallest absolute Gasteiger partial charge is 0.418 e. The van der Waals surface area contributed by atoms with Gasteiger partial charge in [0.1, 0.15) is 6.04 Å². The number of nitrogens with zero attached hydrogens (tertiary/aromatic N) is 2. The maximum Gasteiger partial charge on any atom is 0.673 e. The molecule has 0 aromatic rings. The molecule has 1 aliphatic heterocycles. The summed E-state index contributed by atoms with van der Waals surface area (Å²) < 4.78 is 46.7. The van der Waals surface area contributed by atoms with Crippen LogP contribution >= 0.6 is 0 Å². The minimum absolute atomic E-state index is 0.559. The fraction of sp³-hybridized carbons (Fsp3) is 0.923. The fourth-order valence-corrected chi connectivity index (χ4v) is 2.42. The molecule has 1 fully saturated rings. The van der Waals surface area contributed by atoms with E-state index in [1.165, 1.54) is 19.4 Å². The molecule has 1 rings (SSSR count). The van der Waals surface area contributed by atoms with Crippen molar-refractivity contribution in [3.05, 3.63) is 0 Å². The van der Waals surface area contributed by atoms with Crippen LogP contribution in [0.5, 0.6) is 0 Å². The third-order valence-electron chi connectivity index (χ3n) is 3.26. The molecule has 8 heteroatoms. The van der Waals surface area contributed by atoms with Gasteiger partial charge in [-0.3, -0.25) is 9.48 Å². The minimum atomic E-state index is -6.00. The lowest BCUT2D eigenvalue weighted by atomic mass is 10.2. The van der Waals surface area contributed by atoms with Gasteiger partial charge in [0.2, 0.25) is 6.34 Å². The first-order chi connectivity index (χ1) is 9.56. The van der Waals surface area contributed by atoms with E-state index in [9.17, 15) is 17.3 Å². The Kier molecular flexibility index (Phi) is 8.93. The predicted octanol–water partition coefficient (Wildman–Crippen LogP) is 3.25. The SMILES string of the molecule is COC[C@H]1CCC[N+]1=CN(C(C)C)C(C)C.F[B-](F)(F)F. The Balaban J connectivity index is 0.000000690. The zero-order valence-electron chi connectivity index (χ0n) is 13.5. The first kappa shape index (κ1) is 20.2. The van der Waals surface area contributed by atoms with Crippen molar-refractivity contribution >= 4 is 13.6 Å². The maximum absolute atomic E-state index is 9.75. The zero-order chi connectivity index (χ0) is 16.6. The monoisotopic (exact) mass is 314 g/mol. The minimum Gasteiger partial charge on any atom is -0.418 e. The van der Waals surface area contributed by atoms with Crippen molar-refractivity contribution in [1.82, 2.24) is 4.90 Å². The Morgan fingerprint density at radius 2 is 1.67 bits per heavy atom. The second-order valence-corrected chi connectivity index (χ2v) is 5.73. The molecule has 126 valence electrons. The van der Waals surface area contributed by atoms with E-state index < -0.39 is 7.25 Å². The van der Waals surface area contributed by atoms with Gasteiger partial charge in [-0.1, -0.05) is 0 Å². The van der Waals surface area contributed by atoms with Crippen molar-refractivity contribution in [2.45, 2.75) is 58.7 Å². The molecule has 1 aliphatic rings. The topological polar surface area (TPSA) is 15.5 Å². The Bertz CT molecular complexity index is 308. The second-order valence-electron chi connectivity index (χ2n) is 5.73. The van der Waals surface area contributed by atoms with E-state index in [2.05, 4.69) is 43.5 Å². The van der Waals surface area contributed by atoms with Gasteiger partial charge in [0.15, 0.2) is 0 Å². The van der Waals surface area contributed by atoms with Crippen molar-refractivity contribution in [1.29, 1.82) is 0 Å². The first-order valence-corrected chi connectivity index (χ1v) is 7.30. The van der Waals surface area contributed by atoms with Gasteiger partial charge in [0.25, 0.3) is 0 Å². The van der Waals surface area contributed by atoms with Crippen molar-refractivity contribution in [2.24, 2.45) is 0 Å². The molecule has 0 aliphatic carbocycles. The van der Waals surface area contributed by atoms with Crippen molar-refractivity contribution in [2.75, 3.05) is 20.3 Å². The molecule has 1 atom stereocenters. The summed E-state index contributed by atoms with van der Waals surface area (Å²) in [5, 5.41) is 0. The van der Waals surface area contributed by atoms with Gasteiger partial charge >= 0.3 is 7.25 Å². The van der Waals surface area contributed by atoms with Crippen LogP contribution in [-0.4, -0.2) is 61.5 Å². The highest BCUT2D eigenvalue weighted by Crippen LogP contribution is 2.13. The molecule has 0 radical (unpaired) electrons. The molecule has 0 N–H and O–H groups in total. The Morgan fingerprint density at radius 3 is 2.05 bits per heavy atom. The average molecular weight is 314 g/mol. The van der Waals surface area contributed by atoms with Crippen molar-refractivity contribution in [3.63, 3.8) is 0 Å². The summed E-state index contributed by atoms with van der Waals surface area (Å²) in [6.07, 6.45) is 4.86. The van der Waals surface area contributed by atoms with Crippen LogP contribution in [0.1, 0.15) is 40.5 Å². The highest BCUT2D eigenvalue weighted by Gasteiger charge is 2.26. The van der Waals surface area contributed by atoms with Crippen molar-refractivity contribution in [3.8, 4) is 0 Å². The van der Waals surface area contributed by atoms with E-state index in [0.29, 0.717) is 18.1 Å². The number of hydrogen-bond acceptors (Lipinski definition) is 1. The standard InChI is InChI=1S/C13H27N2O.BF4/c1-11(2)15(12(3)4)10-14-8-6-7-13(14)9-16-5;2-1(3,4)5/h10-13H,6-9H2,1-5H3;/q+1;-1/t13-;/m1./s1. The highest BCUT2D eigenvalue weighted by molar-refractivity contribution is 6.50. The van der Waals surface area contributed by atoms with Crippen LogP contribution in [0.25, 0.3) is 0 Å². The average Bonchev–Trinajstić information content (AvgIpc) is 2.70.